The molecule has 0 saturated heterocycles. The number of aliphatic imine (C=N–C) groups is 1. The number of halogens is 2. The number of nitrogens with two attached hydrogens (primary N) is 1. The smallest absolute Gasteiger partial charge is 0.165 e. The molecule has 2 aromatic rings. The maximum Gasteiger partial charge on any atom is 0.165 e. The molecule has 2 rings (SSSR count). The van der Waals surface area contributed by atoms with Crippen molar-refractivity contribution in [3.63, 3.8) is 0 Å². The molecule has 0 aliphatic carbocycles. The number of anilines is 1. The Balaban J connectivity index is 2.41. The van der Waals surface area contributed by atoms with Crippen molar-refractivity contribution < 1.29 is 17.7 Å². The molecular formula is C21H24F2N4O2S. The average Bonchev–Trinajstić information content (AvgIpc) is 2.63. The lowest BCUT2D eigenvalue weighted by Gasteiger charge is -2.13. The fourth-order valence-electron chi connectivity index (χ4n) is 2.85. The summed E-state index contributed by atoms with van der Waals surface area (Å²) in [5, 5.41) is 2.95. The van der Waals surface area contributed by atoms with Crippen LogP contribution in [0, 0.1) is 17.5 Å². The quantitative estimate of drug-likeness (QED) is 0.534. The highest BCUT2D eigenvalue weighted by Gasteiger charge is 2.16. The maximum absolute atomic E-state index is 14.4. The molecule has 9 heteroatoms. The summed E-state index contributed by atoms with van der Waals surface area (Å²) in [7, 11) is -1.38. The van der Waals surface area contributed by atoms with Crippen LogP contribution in [0.2, 0.25) is 0 Å². The monoisotopic (exact) mass is 434 g/mol. The number of nitrogens with zero attached hydrogens (tertiary/aromatic N) is 1. The van der Waals surface area contributed by atoms with Gasteiger partial charge in [-0.3, -0.25) is 4.78 Å². The highest BCUT2D eigenvalue weighted by atomic mass is 32.2. The maximum atomic E-state index is 14.4. The van der Waals surface area contributed by atoms with Crippen molar-refractivity contribution in [2.24, 2.45) is 10.7 Å². The van der Waals surface area contributed by atoms with Crippen molar-refractivity contribution >= 4 is 21.1 Å². The first-order valence-corrected chi connectivity index (χ1v) is 10.9. The zero-order chi connectivity index (χ0) is 22.5. The van der Waals surface area contributed by atoms with Gasteiger partial charge in [-0.25, -0.2) is 18.0 Å². The first kappa shape index (κ1) is 23.1. The summed E-state index contributed by atoms with van der Waals surface area (Å²) in [4.78, 5) is 4.18. The molecular weight excluding hydrogens is 410 g/mol. The van der Waals surface area contributed by atoms with Gasteiger partial charge >= 0.3 is 0 Å². The molecule has 1 unspecified atom stereocenters. The highest BCUT2D eigenvalue weighted by Crippen LogP contribution is 2.25. The number of allylic oxidation sites excluding steroid dienone is 1. The van der Waals surface area contributed by atoms with E-state index in [2.05, 4.69) is 16.9 Å². The van der Waals surface area contributed by atoms with E-state index < -0.39 is 21.4 Å². The van der Waals surface area contributed by atoms with Crippen LogP contribution in [0.4, 0.5) is 14.5 Å². The van der Waals surface area contributed by atoms with Crippen molar-refractivity contribution in [3.8, 4) is 5.75 Å². The van der Waals surface area contributed by atoms with Gasteiger partial charge in [0.05, 0.1) is 12.9 Å². The lowest BCUT2D eigenvalue weighted by molar-refractivity contribution is 0.410. The van der Waals surface area contributed by atoms with E-state index in [4.69, 9.17) is 15.3 Å². The SMILES string of the molecule is C=C(N=C(/C(F)=C\N)c1ccc(F)cc1OC)Nc1cc(C)cc(CS(C)(=N)=O)c1. The number of rotatable bonds is 8. The van der Waals surface area contributed by atoms with E-state index in [1.54, 1.807) is 12.1 Å². The van der Waals surface area contributed by atoms with Gasteiger partial charge < -0.3 is 15.8 Å². The molecule has 0 saturated carbocycles. The molecule has 0 amide bonds. The van der Waals surface area contributed by atoms with E-state index in [0.717, 1.165) is 23.9 Å². The summed E-state index contributed by atoms with van der Waals surface area (Å²) in [6, 6.07) is 8.96. The van der Waals surface area contributed by atoms with Crippen LogP contribution in [0.15, 0.2) is 65.8 Å². The summed E-state index contributed by atoms with van der Waals surface area (Å²) >= 11 is 0. The Labute approximate surface area is 175 Å². The molecule has 0 aliphatic heterocycles. The molecule has 0 spiro atoms. The van der Waals surface area contributed by atoms with Crippen LogP contribution < -0.4 is 15.8 Å². The van der Waals surface area contributed by atoms with Gasteiger partial charge in [-0.05, 0) is 42.3 Å². The first-order valence-electron chi connectivity index (χ1n) is 8.80. The number of hydrogen-bond donors (Lipinski definition) is 3. The Morgan fingerprint density at radius 3 is 2.67 bits per heavy atom. The van der Waals surface area contributed by atoms with Gasteiger partial charge in [0.2, 0.25) is 0 Å². The van der Waals surface area contributed by atoms with Crippen LogP contribution in [-0.2, 0) is 15.5 Å². The number of aryl methyl sites for hydroxylation is 1. The third-order valence-electron chi connectivity index (χ3n) is 3.91. The summed E-state index contributed by atoms with van der Waals surface area (Å²) in [6.07, 6.45) is 2.11. The lowest BCUT2D eigenvalue weighted by atomic mass is 10.1. The molecule has 0 bridgehead atoms. The van der Waals surface area contributed by atoms with E-state index in [0.29, 0.717) is 11.3 Å². The van der Waals surface area contributed by atoms with Crippen molar-refractivity contribution in [3.05, 3.63) is 83.3 Å². The van der Waals surface area contributed by atoms with Crippen LogP contribution in [0.1, 0.15) is 16.7 Å². The normalized spacial score (nSPS) is 14.2. The summed E-state index contributed by atoms with van der Waals surface area (Å²) in [5.74, 6) is -1.11. The van der Waals surface area contributed by atoms with Crippen molar-refractivity contribution in [2.75, 3.05) is 18.7 Å². The Hall–Kier alpha value is -3.20. The standard InChI is InChI=1S/C21H24F2N4O2S/c1-13-7-15(12-30(4,25)28)9-17(8-13)26-14(2)27-21(19(23)11-24)18-6-5-16(22)10-20(18)29-3/h5-11,25-26H,2,12,24H2,1,3-4H3/b19-11+,27-21?. The number of hydrogen-bond acceptors (Lipinski definition) is 6. The van der Waals surface area contributed by atoms with Crippen LogP contribution in [0.25, 0.3) is 0 Å². The molecule has 6 nitrogen and oxygen atoms in total. The number of benzene rings is 2. The van der Waals surface area contributed by atoms with Gasteiger partial charge in [0.15, 0.2) is 5.83 Å². The summed E-state index contributed by atoms with van der Waals surface area (Å²) in [6.45, 7) is 5.65. The van der Waals surface area contributed by atoms with E-state index in [-0.39, 0.29) is 28.6 Å². The van der Waals surface area contributed by atoms with Gasteiger partial charge in [0, 0.05) is 39.5 Å². The van der Waals surface area contributed by atoms with Crippen molar-refractivity contribution in [1.29, 1.82) is 4.78 Å². The highest BCUT2D eigenvalue weighted by molar-refractivity contribution is 7.90. The number of ether oxygens (including phenoxy) is 1. The van der Waals surface area contributed by atoms with E-state index in [9.17, 15) is 13.0 Å². The van der Waals surface area contributed by atoms with E-state index >= 15 is 0 Å². The van der Waals surface area contributed by atoms with Crippen LogP contribution >= 0.6 is 0 Å². The van der Waals surface area contributed by atoms with Gasteiger partial charge in [-0.1, -0.05) is 12.6 Å². The van der Waals surface area contributed by atoms with Gasteiger partial charge in [-0.2, -0.15) is 0 Å². The van der Waals surface area contributed by atoms with E-state index in [1.807, 2.05) is 13.0 Å². The third kappa shape index (κ3) is 6.41. The van der Waals surface area contributed by atoms with Crippen LogP contribution in [0.5, 0.6) is 5.75 Å². The molecule has 2 aromatic carbocycles. The molecule has 0 aliphatic rings. The molecule has 0 heterocycles. The Kier molecular flexibility index (Phi) is 7.33. The van der Waals surface area contributed by atoms with Crippen molar-refractivity contribution in [2.45, 2.75) is 12.7 Å². The molecule has 0 fully saturated rings. The minimum absolute atomic E-state index is 0.0875. The average molecular weight is 435 g/mol. The van der Waals surface area contributed by atoms with Gasteiger partial charge in [-0.15, -0.1) is 0 Å². The lowest BCUT2D eigenvalue weighted by Crippen LogP contribution is -2.09. The summed E-state index contributed by atoms with van der Waals surface area (Å²) < 4.78 is 52.5. The second-order valence-electron chi connectivity index (χ2n) is 6.75. The molecule has 0 radical (unpaired) electrons. The fourth-order valence-corrected chi connectivity index (χ4v) is 3.65. The van der Waals surface area contributed by atoms with Crippen molar-refractivity contribution in [1.82, 2.24) is 0 Å². The van der Waals surface area contributed by atoms with Gasteiger partial charge in [0.25, 0.3) is 0 Å². The predicted octanol–water partition coefficient (Wildman–Crippen LogP) is 4.46. The van der Waals surface area contributed by atoms with Gasteiger partial charge in [0.1, 0.15) is 23.1 Å². The second kappa shape index (κ2) is 9.53. The molecule has 160 valence electrons. The van der Waals surface area contributed by atoms with Crippen LogP contribution in [-0.4, -0.2) is 23.3 Å². The molecule has 4 N–H and O–H groups in total. The zero-order valence-electron chi connectivity index (χ0n) is 17.0. The fraction of sp³-hybridized carbons (Fsp3) is 0.190. The first-order chi connectivity index (χ1) is 14.0. The Bertz CT molecular complexity index is 1130. The largest absolute Gasteiger partial charge is 0.496 e. The predicted molar refractivity (Wildman–Crippen MR) is 117 cm³/mol. The zero-order valence-corrected chi connectivity index (χ0v) is 17.8. The Morgan fingerprint density at radius 2 is 2.07 bits per heavy atom. The van der Waals surface area contributed by atoms with Crippen LogP contribution in [0.3, 0.4) is 0 Å². The third-order valence-corrected chi connectivity index (χ3v) is 4.79. The minimum atomic E-state index is -2.71. The molecule has 30 heavy (non-hydrogen) atoms. The number of methoxy groups -OCH3 is 1. The number of nitrogens with one attached hydrogen (secondary N) is 2. The summed E-state index contributed by atoms with van der Waals surface area (Å²) in [5.41, 5.74) is 7.53. The molecule has 0 aromatic heterocycles. The topological polar surface area (TPSA) is 101 Å². The Morgan fingerprint density at radius 1 is 1.37 bits per heavy atom. The second-order valence-corrected chi connectivity index (χ2v) is 9.05. The molecule has 1 atom stereocenters. The minimum Gasteiger partial charge on any atom is -0.496 e. The van der Waals surface area contributed by atoms with E-state index in [1.165, 1.54) is 19.4 Å².